The van der Waals surface area contributed by atoms with Gasteiger partial charge in [-0.1, -0.05) is 40.2 Å². The maximum atomic E-state index is 12.4. The summed E-state index contributed by atoms with van der Waals surface area (Å²) in [5.74, 6) is -0.370. The third-order valence-corrected chi connectivity index (χ3v) is 6.07. The Balaban J connectivity index is 2.23. The van der Waals surface area contributed by atoms with Gasteiger partial charge in [0.05, 0.1) is 12.5 Å². The molecule has 1 aromatic carbocycles. The molecule has 6 nitrogen and oxygen atoms in total. The number of benzene rings is 1. The van der Waals surface area contributed by atoms with E-state index in [0.717, 1.165) is 14.3 Å². The Kier molecular flexibility index (Phi) is 5.85. The molecular formula is C16H21BrN2O4S. The SMILES string of the molecule is COC(=O)[C@@]1(Cc2cccc(Br)c2)C=C[C@H](NS(=O)(=O)N(C)C)C1. The Morgan fingerprint density at radius 2 is 2.17 bits per heavy atom. The van der Waals surface area contributed by atoms with E-state index in [2.05, 4.69) is 20.7 Å². The van der Waals surface area contributed by atoms with Crippen LogP contribution in [0.2, 0.25) is 0 Å². The fourth-order valence-corrected chi connectivity index (χ4v) is 3.98. The molecule has 2 rings (SSSR count). The van der Waals surface area contributed by atoms with Crippen LogP contribution >= 0.6 is 15.9 Å². The minimum absolute atomic E-state index is 0.319. The topological polar surface area (TPSA) is 75.7 Å². The summed E-state index contributed by atoms with van der Waals surface area (Å²) in [5.41, 5.74) is 0.0882. The van der Waals surface area contributed by atoms with Crippen molar-refractivity contribution < 1.29 is 17.9 Å². The molecule has 0 heterocycles. The van der Waals surface area contributed by atoms with Crippen LogP contribution in [0.4, 0.5) is 0 Å². The predicted octanol–water partition coefficient (Wildman–Crippen LogP) is 1.88. The average molecular weight is 417 g/mol. The van der Waals surface area contributed by atoms with E-state index in [4.69, 9.17) is 4.74 Å². The molecule has 8 heteroatoms. The zero-order chi connectivity index (χ0) is 18.0. The highest BCUT2D eigenvalue weighted by atomic mass is 79.9. The molecule has 0 saturated heterocycles. The highest BCUT2D eigenvalue weighted by Gasteiger charge is 2.43. The number of rotatable bonds is 6. The Morgan fingerprint density at radius 3 is 2.75 bits per heavy atom. The summed E-state index contributed by atoms with van der Waals surface area (Å²) in [6, 6.07) is 7.22. The van der Waals surface area contributed by atoms with Crippen molar-refractivity contribution in [3.8, 4) is 0 Å². The standard InChI is InChI=1S/C16H21BrN2O4S/c1-19(2)24(21,22)18-14-7-8-16(11-14,15(20)23-3)10-12-5-4-6-13(17)9-12/h4-9,14,18H,10-11H2,1-3H3/t14-,16+/m0/s1. The number of esters is 1. The Morgan fingerprint density at radius 1 is 1.46 bits per heavy atom. The number of methoxy groups -OCH3 is 1. The molecule has 0 fully saturated rings. The summed E-state index contributed by atoms with van der Waals surface area (Å²) in [6.07, 6.45) is 4.23. The first-order valence-electron chi connectivity index (χ1n) is 7.40. The summed E-state index contributed by atoms with van der Waals surface area (Å²) in [7, 11) is 0.681. The molecule has 24 heavy (non-hydrogen) atoms. The van der Waals surface area contributed by atoms with Crippen molar-refractivity contribution in [3.05, 3.63) is 46.5 Å². The molecule has 0 aliphatic heterocycles. The van der Waals surface area contributed by atoms with Crippen molar-refractivity contribution in [3.63, 3.8) is 0 Å². The summed E-state index contributed by atoms with van der Waals surface area (Å²) in [5, 5.41) is 0. The highest BCUT2D eigenvalue weighted by Crippen LogP contribution is 2.37. The van der Waals surface area contributed by atoms with E-state index in [9.17, 15) is 13.2 Å². The maximum absolute atomic E-state index is 12.4. The van der Waals surface area contributed by atoms with Crippen molar-refractivity contribution in [2.75, 3.05) is 21.2 Å². The van der Waals surface area contributed by atoms with E-state index in [0.29, 0.717) is 12.8 Å². The van der Waals surface area contributed by atoms with Gasteiger partial charge in [-0.05, 0) is 30.5 Å². The van der Waals surface area contributed by atoms with Gasteiger partial charge in [0.1, 0.15) is 0 Å². The van der Waals surface area contributed by atoms with Crippen LogP contribution in [0.5, 0.6) is 0 Å². The molecule has 0 aromatic heterocycles. The second-order valence-corrected chi connectivity index (χ2v) is 8.86. The van der Waals surface area contributed by atoms with Crippen LogP contribution in [0, 0.1) is 5.41 Å². The van der Waals surface area contributed by atoms with E-state index in [-0.39, 0.29) is 5.97 Å². The molecule has 0 saturated carbocycles. The summed E-state index contributed by atoms with van der Waals surface area (Å²) < 4.78 is 33.6. The van der Waals surface area contributed by atoms with Crippen molar-refractivity contribution in [2.24, 2.45) is 5.41 Å². The lowest BCUT2D eigenvalue weighted by molar-refractivity contribution is -0.149. The minimum atomic E-state index is -3.57. The van der Waals surface area contributed by atoms with E-state index >= 15 is 0 Å². The predicted molar refractivity (Wildman–Crippen MR) is 95.6 cm³/mol. The number of nitrogens with one attached hydrogen (secondary N) is 1. The summed E-state index contributed by atoms with van der Waals surface area (Å²) in [4.78, 5) is 12.4. The van der Waals surface area contributed by atoms with Gasteiger partial charge in [0.2, 0.25) is 0 Å². The largest absolute Gasteiger partial charge is 0.468 e. The number of carbonyl (C=O) groups excluding carboxylic acids is 1. The van der Waals surface area contributed by atoms with Crippen LogP contribution in [-0.2, 0) is 26.2 Å². The molecule has 0 amide bonds. The Bertz CT molecular complexity index is 748. The van der Waals surface area contributed by atoms with Gasteiger partial charge in [-0.15, -0.1) is 0 Å². The molecule has 132 valence electrons. The molecule has 1 aromatic rings. The summed E-state index contributed by atoms with van der Waals surface area (Å²) in [6.45, 7) is 0. The van der Waals surface area contributed by atoms with Crippen molar-refractivity contribution in [1.29, 1.82) is 0 Å². The van der Waals surface area contributed by atoms with Crippen molar-refractivity contribution in [1.82, 2.24) is 9.03 Å². The molecule has 0 unspecified atom stereocenters. The molecule has 1 aliphatic rings. The van der Waals surface area contributed by atoms with Gasteiger partial charge in [0.25, 0.3) is 10.2 Å². The lowest BCUT2D eigenvalue weighted by Crippen LogP contribution is -2.43. The van der Waals surface area contributed by atoms with Crippen molar-refractivity contribution >= 4 is 32.1 Å². The van der Waals surface area contributed by atoms with Gasteiger partial charge in [-0.2, -0.15) is 17.4 Å². The first-order chi connectivity index (χ1) is 11.2. The summed E-state index contributed by atoms with van der Waals surface area (Å²) >= 11 is 3.42. The maximum Gasteiger partial charge on any atom is 0.316 e. The minimum Gasteiger partial charge on any atom is -0.468 e. The van der Waals surface area contributed by atoms with Gasteiger partial charge in [0, 0.05) is 24.6 Å². The normalized spacial score (nSPS) is 23.6. The lowest BCUT2D eigenvalue weighted by atomic mass is 9.80. The van der Waals surface area contributed by atoms with Crippen LogP contribution in [0.25, 0.3) is 0 Å². The van der Waals surface area contributed by atoms with Gasteiger partial charge in [0.15, 0.2) is 0 Å². The average Bonchev–Trinajstić information content (AvgIpc) is 2.89. The monoisotopic (exact) mass is 416 g/mol. The van der Waals surface area contributed by atoms with E-state index < -0.39 is 21.7 Å². The zero-order valence-electron chi connectivity index (χ0n) is 13.8. The molecule has 1 aliphatic carbocycles. The van der Waals surface area contributed by atoms with Crippen LogP contribution in [0.1, 0.15) is 12.0 Å². The van der Waals surface area contributed by atoms with E-state index in [1.165, 1.54) is 21.2 Å². The van der Waals surface area contributed by atoms with Gasteiger partial charge >= 0.3 is 5.97 Å². The van der Waals surface area contributed by atoms with Crippen molar-refractivity contribution in [2.45, 2.75) is 18.9 Å². The van der Waals surface area contributed by atoms with Crippen LogP contribution < -0.4 is 4.72 Å². The van der Waals surface area contributed by atoms with Gasteiger partial charge in [-0.3, -0.25) is 4.79 Å². The molecule has 2 atom stereocenters. The highest BCUT2D eigenvalue weighted by molar-refractivity contribution is 9.10. The fraction of sp³-hybridized carbons (Fsp3) is 0.438. The molecule has 1 N–H and O–H groups in total. The number of halogens is 1. The number of hydrogen-bond acceptors (Lipinski definition) is 4. The number of carbonyl (C=O) groups is 1. The van der Waals surface area contributed by atoms with Gasteiger partial charge in [-0.25, -0.2) is 0 Å². The fourth-order valence-electron chi connectivity index (χ4n) is 2.78. The quantitative estimate of drug-likeness (QED) is 0.567. The second-order valence-electron chi connectivity index (χ2n) is 6.03. The molecule has 0 radical (unpaired) electrons. The van der Waals surface area contributed by atoms with Crippen LogP contribution in [0.15, 0.2) is 40.9 Å². The van der Waals surface area contributed by atoms with E-state index in [1.54, 1.807) is 12.2 Å². The lowest BCUT2D eigenvalue weighted by Gasteiger charge is -2.26. The van der Waals surface area contributed by atoms with E-state index in [1.807, 2.05) is 24.3 Å². The zero-order valence-corrected chi connectivity index (χ0v) is 16.2. The Hall–Kier alpha value is -1.22. The first-order valence-corrected chi connectivity index (χ1v) is 9.64. The molecule has 0 bridgehead atoms. The second kappa shape index (κ2) is 7.35. The van der Waals surface area contributed by atoms with Crippen LogP contribution in [0.3, 0.4) is 0 Å². The van der Waals surface area contributed by atoms with Gasteiger partial charge < -0.3 is 4.74 Å². The third kappa shape index (κ3) is 4.24. The first kappa shape index (κ1) is 19.1. The van der Waals surface area contributed by atoms with Crippen LogP contribution in [-0.4, -0.2) is 45.9 Å². The number of ether oxygens (including phenoxy) is 1. The number of nitrogens with zero attached hydrogens (tertiary/aromatic N) is 1. The third-order valence-electron chi connectivity index (χ3n) is 4.01. The number of hydrogen-bond donors (Lipinski definition) is 1. The smallest absolute Gasteiger partial charge is 0.316 e. The molecular weight excluding hydrogens is 396 g/mol. The Labute approximate surface area is 151 Å². The molecule has 0 spiro atoms.